The maximum absolute atomic E-state index is 4.31. The fraction of sp³-hybridized carbons (Fsp3) is 0.733. The number of nitrogens with zero attached hydrogens (tertiary/aromatic N) is 4. The summed E-state index contributed by atoms with van der Waals surface area (Å²) in [5.41, 5.74) is 1.17. The number of aromatic nitrogens is 2. The van der Waals surface area contributed by atoms with Crippen LogP contribution in [-0.4, -0.2) is 53.4 Å². The highest BCUT2D eigenvalue weighted by Gasteiger charge is 2.19. The maximum atomic E-state index is 4.31. The molecule has 126 valence electrons. The topological polar surface area (TPSA) is 57.5 Å². The first-order valence-electron chi connectivity index (χ1n) is 7.88. The van der Waals surface area contributed by atoms with Crippen molar-refractivity contribution < 1.29 is 0 Å². The van der Waals surface area contributed by atoms with Gasteiger partial charge in [0.2, 0.25) is 0 Å². The zero-order valence-electron chi connectivity index (χ0n) is 13.9. The first kappa shape index (κ1) is 19.2. The molecule has 1 aliphatic heterocycles. The molecule has 1 aromatic heterocycles. The summed E-state index contributed by atoms with van der Waals surface area (Å²) >= 11 is 0. The molecule has 0 aromatic carbocycles. The minimum atomic E-state index is 0. The van der Waals surface area contributed by atoms with Crippen LogP contribution in [0.4, 0.5) is 0 Å². The molecule has 2 N–H and O–H groups in total. The van der Waals surface area contributed by atoms with Gasteiger partial charge in [-0.3, -0.25) is 9.67 Å². The normalized spacial score (nSPS) is 17.1. The summed E-state index contributed by atoms with van der Waals surface area (Å²) in [6, 6.07) is 0.526. The van der Waals surface area contributed by atoms with Gasteiger partial charge in [0.1, 0.15) is 0 Å². The molecular formula is C15H29IN6. The average molecular weight is 420 g/mol. The van der Waals surface area contributed by atoms with Crippen LogP contribution < -0.4 is 10.6 Å². The Hall–Kier alpha value is -0.830. The summed E-state index contributed by atoms with van der Waals surface area (Å²) < 4.78 is 1.82. The molecule has 0 aliphatic carbocycles. The van der Waals surface area contributed by atoms with Crippen molar-refractivity contribution >= 4 is 29.9 Å². The van der Waals surface area contributed by atoms with E-state index in [1.165, 1.54) is 44.5 Å². The Morgan fingerprint density at radius 2 is 2.14 bits per heavy atom. The lowest BCUT2D eigenvalue weighted by atomic mass is 10.1. The monoisotopic (exact) mass is 420 g/mol. The fourth-order valence-corrected chi connectivity index (χ4v) is 2.75. The molecule has 2 heterocycles. The Balaban J connectivity index is 0.00000242. The van der Waals surface area contributed by atoms with Crippen LogP contribution in [0.2, 0.25) is 0 Å². The van der Waals surface area contributed by atoms with Crippen LogP contribution in [0, 0.1) is 0 Å². The van der Waals surface area contributed by atoms with Gasteiger partial charge in [-0.2, -0.15) is 5.10 Å². The van der Waals surface area contributed by atoms with Gasteiger partial charge in [-0.25, -0.2) is 0 Å². The Labute approximate surface area is 150 Å². The maximum Gasteiger partial charge on any atom is 0.191 e. The summed E-state index contributed by atoms with van der Waals surface area (Å²) in [5, 5.41) is 11.1. The average Bonchev–Trinajstić information content (AvgIpc) is 2.91. The molecule has 7 heteroatoms. The number of hydrogen-bond donors (Lipinski definition) is 2. The van der Waals surface area contributed by atoms with Gasteiger partial charge < -0.3 is 15.5 Å². The summed E-state index contributed by atoms with van der Waals surface area (Å²) in [6.45, 7) is 6.59. The van der Waals surface area contributed by atoms with E-state index in [2.05, 4.69) is 32.5 Å². The highest BCUT2D eigenvalue weighted by atomic mass is 127. The summed E-state index contributed by atoms with van der Waals surface area (Å²) in [5.74, 6) is 0.882. The van der Waals surface area contributed by atoms with Crippen molar-refractivity contribution in [3.05, 3.63) is 18.0 Å². The molecule has 2 rings (SSSR count). The number of likely N-dealkylation sites (tertiary alicyclic amines) is 1. The molecule has 22 heavy (non-hydrogen) atoms. The number of halogens is 1. The number of aryl methyl sites for hydroxylation is 1. The third-order valence-electron chi connectivity index (χ3n) is 3.91. The first-order chi connectivity index (χ1) is 10.2. The van der Waals surface area contributed by atoms with E-state index >= 15 is 0 Å². The second-order valence-corrected chi connectivity index (χ2v) is 5.71. The molecule has 1 aliphatic rings. The molecular weight excluding hydrogens is 391 g/mol. The second-order valence-electron chi connectivity index (χ2n) is 5.71. The lowest BCUT2D eigenvalue weighted by molar-refractivity contribution is 0.206. The van der Waals surface area contributed by atoms with Crippen LogP contribution in [0.15, 0.2) is 17.4 Å². The van der Waals surface area contributed by atoms with Gasteiger partial charge in [0.05, 0.1) is 6.20 Å². The molecule has 0 radical (unpaired) electrons. The molecule has 1 saturated heterocycles. The molecule has 0 amide bonds. The van der Waals surface area contributed by atoms with Crippen LogP contribution in [0.1, 0.15) is 31.7 Å². The van der Waals surface area contributed by atoms with Gasteiger partial charge >= 0.3 is 0 Å². The molecule has 6 nitrogen and oxygen atoms in total. The van der Waals surface area contributed by atoms with Gasteiger partial charge in [-0.05, 0) is 25.8 Å². The van der Waals surface area contributed by atoms with Crippen molar-refractivity contribution in [2.24, 2.45) is 12.0 Å². The van der Waals surface area contributed by atoms with Crippen LogP contribution in [0.3, 0.4) is 0 Å². The van der Waals surface area contributed by atoms with E-state index in [1.54, 1.807) is 0 Å². The lowest BCUT2D eigenvalue weighted by Gasteiger charge is -2.32. The third kappa shape index (κ3) is 6.12. The number of guanidine groups is 1. The number of aliphatic imine (C=N–C) groups is 1. The van der Waals surface area contributed by atoms with Gasteiger partial charge in [0, 0.05) is 51.5 Å². The predicted molar refractivity (Wildman–Crippen MR) is 102 cm³/mol. The van der Waals surface area contributed by atoms with Crippen molar-refractivity contribution in [3.8, 4) is 0 Å². The minimum Gasteiger partial charge on any atom is -0.354 e. The zero-order valence-corrected chi connectivity index (χ0v) is 16.2. The van der Waals surface area contributed by atoms with E-state index in [0.29, 0.717) is 6.04 Å². The van der Waals surface area contributed by atoms with Crippen molar-refractivity contribution in [1.29, 1.82) is 0 Å². The molecule has 0 unspecified atom stereocenters. The molecule has 1 aromatic rings. The van der Waals surface area contributed by atoms with E-state index in [-0.39, 0.29) is 24.0 Å². The number of rotatable bonds is 5. The Morgan fingerprint density at radius 3 is 2.68 bits per heavy atom. The van der Waals surface area contributed by atoms with Gasteiger partial charge in [0.25, 0.3) is 0 Å². The Kier molecular flexibility index (Phi) is 8.77. The van der Waals surface area contributed by atoms with Gasteiger partial charge in [-0.1, -0.05) is 6.92 Å². The number of piperidine rings is 1. The first-order valence-corrected chi connectivity index (χ1v) is 7.88. The largest absolute Gasteiger partial charge is 0.354 e. The van der Waals surface area contributed by atoms with Crippen molar-refractivity contribution in [2.75, 3.05) is 26.7 Å². The van der Waals surface area contributed by atoms with E-state index in [4.69, 9.17) is 0 Å². The highest BCUT2D eigenvalue weighted by molar-refractivity contribution is 14.0. The zero-order chi connectivity index (χ0) is 15.1. The molecule has 0 spiro atoms. The van der Waals surface area contributed by atoms with E-state index in [0.717, 1.165) is 12.5 Å². The predicted octanol–water partition coefficient (Wildman–Crippen LogP) is 1.58. The second kappa shape index (κ2) is 10.0. The molecule has 1 fully saturated rings. The van der Waals surface area contributed by atoms with Crippen molar-refractivity contribution in [3.63, 3.8) is 0 Å². The SMILES string of the molecule is CCCN1CCC(NC(=NC)NCc2cnn(C)c2)CC1.I. The van der Waals surface area contributed by atoms with Crippen LogP contribution in [0.25, 0.3) is 0 Å². The summed E-state index contributed by atoms with van der Waals surface area (Å²) in [7, 11) is 3.76. The number of nitrogens with one attached hydrogen (secondary N) is 2. The standard InChI is InChI=1S/C15H28N6.HI/c1-4-7-21-8-5-14(6-9-21)19-15(16-2)17-10-13-11-18-20(3)12-13;/h11-12,14H,4-10H2,1-3H3,(H2,16,17,19);1H. The van der Waals surface area contributed by atoms with Crippen molar-refractivity contribution in [2.45, 2.75) is 38.8 Å². The number of hydrogen-bond acceptors (Lipinski definition) is 3. The van der Waals surface area contributed by atoms with Crippen LogP contribution in [0.5, 0.6) is 0 Å². The fourth-order valence-electron chi connectivity index (χ4n) is 2.75. The molecule has 0 saturated carbocycles. The molecule has 0 bridgehead atoms. The lowest BCUT2D eigenvalue weighted by Crippen LogP contribution is -2.48. The Bertz CT molecular complexity index is 451. The van der Waals surface area contributed by atoms with Gasteiger partial charge in [0.15, 0.2) is 5.96 Å². The molecule has 0 atom stereocenters. The summed E-state index contributed by atoms with van der Waals surface area (Å²) in [4.78, 5) is 6.86. The quantitative estimate of drug-likeness (QED) is 0.432. The Morgan fingerprint density at radius 1 is 1.41 bits per heavy atom. The van der Waals surface area contributed by atoms with E-state index in [1.807, 2.05) is 31.2 Å². The highest BCUT2D eigenvalue weighted by Crippen LogP contribution is 2.10. The van der Waals surface area contributed by atoms with E-state index in [9.17, 15) is 0 Å². The third-order valence-corrected chi connectivity index (χ3v) is 3.91. The van der Waals surface area contributed by atoms with Crippen molar-refractivity contribution in [1.82, 2.24) is 25.3 Å². The minimum absolute atomic E-state index is 0. The van der Waals surface area contributed by atoms with Gasteiger partial charge in [-0.15, -0.1) is 24.0 Å². The smallest absolute Gasteiger partial charge is 0.191 e. The summed E-state index contributed by atoms with van der Waals surface area (Å²) in [6.07, 6.45) is 7.51. The van der Waals surface area contributed by atoms with Crippen LogP contribution >= 0.6 is 24.0 Å². The van der Waals surface area contributed by atoms with Crippen LogP contribution in [-0.2, 0) is 13.6 Å². The van der Waals surface area contributed by atoms with E-state index < -0.39 is 0 Å².